The lowest BCUT2D eigenvalue weighted by Crippen LogP contribution is -2.13. The van der Waals surface area contributed by atoms with E-state index in [0.29, 0.717) is 28.8 Å². The molecule has 0 aliphatic heterocycles. The van der Waals surface area contributed by atoms with Crippen molar-refractivity contribution < 1.29 is 9.13 Å². The third-order valence-corrected chi connectivity index (χ3v) is 2.80. The molecule has 6 heteroatoms. The van der Waals surface area contributed by atoms with Gasteiger partial charge in [-0.05, 0) is 31.2 Å². The Kier molecular flexibility index (Phi) is 4.14. The summed E-state index contributed by atoms with van der Waals surface area (Å²) in [6, 6.07) is 5.75. The van der Waals surface area contributed by atoms with Gasteiger partial charge in [0.05, 0.1) is 5.56 Å². The Bertz CT molecular complexity index is 599. The first-order valence-corrected chi connectivity index (χ1v) is 6.30. The van der Waals surface area contributed by atoms with Crippen LogP contribution in [0.2, 0.25) is 0 Å². The van der Waals surface area contributed by atoms with E-state index < -0.39 is 0 Å². The predicted octanol–water partition coefficient (Wildman–Crippen LogP) is 3.13. The first-order chi connectivity index (χ1) is 9.51. The maximum atomic E-state index is 12.9. The van der Waals surface area contributed by atoms with Gasteiger partial charge in [-0.1, -0.05) is 13.8 Å². The molecule has 0 spiro atoms. The summed E-state index contributed by atoms with van der Waals surface area (Å²) in [4.78, 5) is 8.69. The van der Waals surface area contributed by atoms with Gasteiger partial charge >= 0.3 is 0 Å². The zero-order valence-corrected chi connectivity index (χ0v) is 11.6. The van der Waals surface area contributed by atoms with Crippen molar-refractivity contribution in [1.29, 1.82) is 0 Å². The van der Waals surface area contributed by atoms with E-state index in [1.165, 1.54) is 12.1 Å². The highest BCUT2D eigenvalue weighted by atomic mass is 19.1. The highest BCUT2D eigenvalue weighted by Crippen LogP contribution is 2.28. The second-order valence-corrected chi connectivity index (χ2v) is 4.72. The number of nitrogen functional groups attached to an aromatic ring is 1. The van der Waals surface area contributed by atoms with Crippen LogP contribution in [0.4, 0.5) is 10.2 Å². The van der Waals surface area contributed by atoms with E-state index in [-0.39, 0.29) is 11.7 Å². The second-order valence-electron chi connectivity index (χ2n) is 4.72. The number of hydrogen-bond donors (Lipinski definition) is 2. The van der Waals surface area contributed by atoms with Crippen LogP contribution in [-0.4, -0.2) is 9.97 Å². The van der Waals surface area contributed by atoms with E-state index >= 15 is 0 Å². The fourth-order valence-corrected chi connectivity index (χ4v) is 1.62. The van der Waals surface area contributed by atoms with Crippen molar-refractivity contribution >= 4 is 5.82 Å². The van der Waals surface area contributed by atoms with Gasteiger partial charge in [-0.3, -0.25) is 0 Å². The molecule has 1 heterocycles. The van der Waals surface area contributed by atoms with Gasteiger partial charge < -0.3 is 10.2 Å². The standard InChI is InChI=1S/C14H17FN4O/c1-8(2)12-17-13(19-16)9(3)14(18-12)20-11-6-4-10(15)5-7-11/h4-8H,16H2,1-3H3,(H,17,18,19). The zero-order valence-electron chi connectivity index (χ0n) is 11.6. The van der Waals surface area contributed by atoms with Gasteiger partial charge in [0, 0.05) is 5.92 Å². The number of benzene rings is 1. The number of halogens is 1. The van der Waals surface area contributed by atoms with E-state index in [1.807, 2.05) is 13.8 Å². The summed E-state index contributed by atoms with van der Waals surface area (Å²) in [5.41, 5.74) is 3.23. The fourth-order valence-electron chi connectivity index (χ4n) is 1.62. The topological polar surface area (TPSA) is 73.1 Å². The summed E-state index contributed by atoms with van der Waals surface area (Å²) in [5, 5.41) is 0. The lowest BCUT2D eigenvalue weighted by atomic mass is 10.2. The molecule has 2 rings (SSSR count). The molecule has 20 heavy (non-hydrogen) atoms. The summed E-state index contributed by atoms with van der Waals surface area (Å²) < 4.78 is 18.6. The smallest absolute Gasteiger partial charge is 0.227 e. The highest BCUT2D eigenvalue weighted by molar-refractivity contribution is 5.49. The number of aromatic nitrogens is 2. The van der Waals surface area contributed by atoms with Gasteiger partial charge in [-0.25, -0.2) is 15.2 Å². The molecule has 1 aromatic heterocycles. The van der Waals surface area contributed by atoms with E-state index in [1.54, 1.807) is 19.1 Å². The Morgan fingerprint density at radius 1 is 1.20 bits per heavy atom. The Morgan fingerprint density at radius 2 is 1.85 bits per heavy atom. The molecule has 0 aliphatic carbocycles. The number of rotatable bonds is 4. The summed E-state index contributed by atoms with van der Waals surface area (Å²) in [6.07, 6.45) is 0. The molecule has 0 saturated heterocycles. The summed E-state index contributed by atoms with van der Waals surface area (Å²) in [7, 11) is 0. The lowest BCUT2D eigenvalue weighted by Gasteiger charge is -2.14. The van der Waals surface area contributed by atoms with Crippen LogP contribution >= 0.6 is 0 Å². The third-order valence-electron chi connectivity index (χ3n) is 2.80. The molecule has 2 aromatic rings. The molecule has 0 fully saturated rings. The molecule has 106 valence electrons. The Morgan fingerprint density at radius 3 is 2.40 bits per heavy atom. The van der Waals surface area contributed by atoms with Gasteiger partial charge in [0.25, 0.3) is 0 Å². The number of nitrogens with zero attached hydrogens (tertiary/aromatic N) is 2. The van der Waals surface area contributed by atoms with Gasteiger partial charge in [0.1, 0.15) is 17.4 Å². The summed E-state index contributed by atoms with van der Waals surface area (Å²) >= 11 is 0. The van der Waals surface area contributed by atoms with Crippen LogP contribution in [0.25, 0.3) is 0 Å². The summed E-state index contributed by atoms with van der Waals surface area (Å²) in [5.74, 6) is 7.33. The minimum absolute atomic E-state index is 0.137. The van der Waals surface area contributed by atoms with Crippen LogP contribution in [0.1, 0.15) is 31.2 Å². The maximum Gasteiger partial charge on any atom is 0.227 e. The zero-order chi connectivity index (χ0) is 14.7. The minimum atomic E-state index is -0.316. The molecular weight excluding hydrogens is 259 g/mol. The van der Waals surface area contributed by atoms with Gasteiger partial charge in [0.15, 0.2) is 5.82 Å². The molecule has 3 N–H and O–H groups in total. The molecular formula is C14H17FN4O. The number of hydrazine groups is 1. The van der Waals surface area contributed by atoms with Crippen molar-refractivity contribution in [2.45, 2.75) is 26.7 Å². The Hall–Kier alpha value is -2.21. The van der Waals surface area contributed by atoms with E-state index in [0.717, 1.165) is 0 Å². The van der Waals surface area contributed by atoms with Crippen molar-refractivity contribution in [3.63, 3.8) is 0 Å². The quantitative estimate of drug-likeness (QED) is 0.663. The van der Waals surface area contributed by atoms with Crippen molar-refractivity contribution in [2.75, 3.05) is 5.43 Å². The third kappa shape index (κ3) is 3.03. The van der Waals surface area contributed by atoms with Crippen molar-refractivity contribution in [1.82, 2.24) is 9.97 Å². The van der Waals surface area contributed by atoms with Gasteiger partial charge in [0.2, 0.25) is 5.88 Å². The van der Waals surface area contributed by atoms with Crippen LogP contribution < -0.4 is 16.0 Å². The average Bonchev–Trinajstić information content (AvgIpc) is 2.43. The van der Waals surface area contributed by atoms with Crippen LogP contribution in [0.5, 0.6) is 11.6 Å². The Balaban J connectivity index is 2.39. The molecule has 0 aliphatic rings. The first kappa shape index (κ1) is 14.2. The maximum absolute atomic E-state index is 12.9. The second kappa shape index (κ2) is 5.83. The van der Waals surface area contributed by atoms with Crippen LogP contribution in [0.3, 0.4) is 0 Å². The van der Waals surface area contributed by atoms with E-state index in [9.17, 15) is 4.39 Å². The first-order valence-electron chi connectivity index (χ1n) is 6.30. The molecule has 0 atom stereocenters. The minimum Gasteiger partial charge on any atom is -0.439 e. The van der Waals surface area contributed by atoms with Crippen LogP contribution in [0, 0.1) is 12.7 Å². The SMILES string of the molecule is Cc1c(NN)nc(C(C)C)nc1Oc1ccc(F)cc1. The van der Waals surface area contributed by atoms with Gasteiger partial charge in [-0.15, -0.1) is 0 Å². The molecule has 1 aromatic carbocycles. The average molecular weight is 276 g/mol. The number of anilines is 1. The van der Waals surface area contributed by atoms with Crippen molar-refractivity contribution in [2.24, 2.45) is 5.84 Å². The van der Waals surface area contributed by atoms with Crippen LogP contribution in [0.15, 0.2) is 24.3 Å². The van der Waals surface area contributed by atoms with Crippen molar-refractivity contribution in [3.8, 4) is 11.6 Å². The number of nitrogens with one attached hydrogen (secondary N) is 1. The molecule has 0 amide bonds. The lowest BCUT2D eigenvalue weighted by molar-refractivity contribution is 0.451. The fraction of sp³-hybridized carbons (Fsp3) is 0.286. The Labute approximate surface area is 117 Å². The molecule has 0 saturated carbocycles. The molecule has 5 nitrogen and oxygen atoms in total. The number of ether oxygens (including phenoxy) is 1. The van der Waals surface area contributed by atoms with Crippen molar-refractivity contribution in [3.05, 3.63) is 41.5 Å². The largest absolute Gasteiger partial charge is 0.439 e. The normalized spacial score (nSPS) is 10.7. The monoisotopic (exact) mass is 276 g/mol. The van der Waals surface area contributed by atoms with E-state index in [2.05, 4.69) is 15.4 Å². The number of hydrogen-bond acceptors (Lipinski definition) is 5. The molecule has 0 bridgehead atoms. The molecule has 0 unspecified atom stereocenters. The van der Waals surface area contributed by atoms with E-state index in [4.69, 9.17) is 10.6 Å². The van der Waals surface area contributed by atoms with Gasteiger partial charge in [-0.2, -0.15) is 4.98 Å². The summed E-state index contributed by atoms with van der Waals surface area (Å²) in [6.45, 7) is 5.76. The predicted molar refractivity (Wildman–Crippen MR) is 75.1 cm³/mol. The molecule has 0 radical (unpaired) electrons. The highest BCUT2D eigenvalue weighted by Gasteiger charge is 2.14. The van der Waals surface area contributed by atoms with Crippen LogP contribution in [-0.2, 0) is 0 Å². The number of nitrogens with two attached hydrogens (primary N) is 1.